The minimum absolute atomic E-state index is 1.11. The van der Waals surface area contributed by atoms with Gasteiger partial charge in [-0.3, -0.25) is 0 Å². The molecule has 0 spiro atoms. The molecule has 0 N–H and O–H groups in total. The Morgan fingerprint density at radius 1 is 0.373 bits per heavy atom. The van der Waals surface area contributed by atoms with Gasteiger partial charge >= 0.3 is 0 Å². The molecule has 51 heavy (non-hydrogen) atoms. The number of thiophene rings is 1. The van der Waals surface area contributed by atoms with Crippen LogP contribution in [-0.4, -0.2) is 4.57 Å². The SMILES string of the molecule is c1ccc(-c2ccc(N(c3ccc4sc5ccccc5c4c3)c3ccc4c5c(-c6ccccc6)cccc5n(-c5ccccc5)c4c3)cc2)cc1. The summed E-state index contributed by atoms with van der Waals surface area (Å²) in [6, 6.07) is 70.4. The molecule has 10 rings (SSSR count). The van der Waals surface area contributed by atoms with E-state index in [0.29, 0.717) is 0 Å². The van der Waals surface area contributed by atoms with Crippen LogP contribution in [0, 0.1) is 0 Å². The Hall–Kier alpha value is -6.42. The van der Waals surface area contributed by atoms with Crippen LogP contribution in [-0.2, 0) is 0 Å². The van der Waals surface area contributed by atoms with Gasteiger partial charge in [0.2, 0.25) is 0 Å². The summed E-state index contributed by atoms with van der Waals surface area (Å²) < 4.78 is 5.03. The van der Waals surface area contributed by atoms with Gasteiger partial charge in [0.1, 0.15) is 0 Å². The van der Waals surface area contributed by atoms with E-state index in [-0.39, 0.29) is 0 Å². The highest BCUT2D eigenvalue weighted by Crippen LogP contribution is 2.44. The van der Waals surface area contributed by atoms with Crippen LogP contribution in [0.25, 0.3) is 69.9 Å². The Labute approximate surface area is 300 Å². The molecular weight excluding hydrogens is 637 g/mol. The summed E-state index contributed by atoms with van der Waals surface area (Å²) in [4.78, 5) is 2.41. The molecule has 10 aromatic rings. The zero-order valence-corrected chi connectivity index (χ0v) is 28.6. The molecule has 0 amide bonds. The predicted octanol–water partition coefficient (Wildman–Crippen LogP) is 14.0. The van der Waals surface area contributed by atoms with Gasteiger partial charge in [-0.05, 0) is 89.0 Å². The summed E-state index contributed by atoms with van der Waals surface area (Å²) in [5.41, 5.74) is 11.7. The fraction of sp³-hybridized carbons (Fsp3) is 0. The number of fused-ring (bicyclic) bond motifs is 6. The number of hydrogen-bond acceptors (Lipinski definition) is 2. The molecule has 0 aliphatic rings. The summed E-state index contributed by atoms with van der Waals surface area (Å²) in [7, 11) is 0. The molecular formula is C48H32N2S. The van der Waals surface area contributed by atoms with Crippen molar-refractivity contribution in [3.8, 4) is 27.9 Å². The first-order chi connectivity index (χ1) is 25.3. The Bertz CT molecular complexity index is 2830. The largest absolute Gasteiger partial charge is 0.310 e. The van der Waals surface area contributed by atoms with Crippen LogP contribution in [0.2, 0.25) is 0 Å². The molecule has 2 aromatic heterocycles. The van der Waals surface area contributed by atoms with Gasteiger partial charge in [-0.1, -0.05) is 127 Å². The lowest BCUT2D eigenvalue weighted by Gasteiger charge is -2.26. The van der Waals surface area contributed by atoms with Gasteiger partial charge in [0, 0.05) is 53.7 Å². The van der Waals surface area contributed by atoms with E-state index >= 15 is 0 Å². The third-order valence-corrected chi connectivity index (χ3v) is 11.1. The summed E-state index contributed by atoms with van der Waals surface area (Å²) in [6.07, 6.45) is 0. The average molecular weight is 669 g/mol. The van der Waals surface area contributed by atoms with E-state index in [0.717, 1.165) is 22.7 Å². The van der Waals surface area contributed by atoms with Crippen molar-refractivity contribution in [1.82, 2.24) is 4.57 Å². The molecule has 2 nitrogen and oxygen atoms in total. The summed E-state index contributed by atoms with van der Waals surface area (Å²) in [5.74, 6) is 0. The van der Waals surface area contributed by atoms with E-state index in [4.69, 9.17) is 0 Å². The average Bonchev–Trinajstić information content (AvgIpc) is 3.74. The monoisotopic (exact) mass is 668 g/mol. The van der Waals surface area contributed by atoms with Gasteiger partial charge in [-0.15, -0.1) is 11.3 Å². The van der Waals surface area contributed by atoms with Gasteiger partial charge in [-0.2, -0.15) is 0 Å². The van der Waals surface area contributed by atoms with Crippen molar-refractivity contribution in [2.45, 2.75) is 0 Å². The van der Waals surface area contributed by atoms with Crippen molar-refractivity contribution < 1.29 is 0 Å². The third kappa shape index (κ3) is 5.01. The molecule has 240 valence electrons. The number of anilines is 3. The van der Waals surface area contributed by atoms with Gasteiger partial charge in [0.05, 0.1) is 11.0 Å². The third-order valence-electron chi connectivity index (χ3n) is 9.98. The molecule has 3 heteroatoms. The van der Waals surface area contributed by atoms with Crippen molar-refractivity contribution in [2.75, 3.05) is 4.90 Å². The molecule has 0 bridgehead atoms. The lowest BCUT2D eigenvalue weighted by atomic mass is 9.99. The van der Waals surface area contributed by atoms with Crippen LogP contribution < -0.4 is 4.90 Å². The normalized spacial score (nSPS) is 11.5. The van der Waals surface area contributed by atoms with Crippen LogP contribution in [0.4, 0.5) is 17.1 Å². The summed E-state index contributed by atoms with van der Waals surface area (Å²) in [5, 5.41) is 5.08. The first-order valence-corrected chi connectivity index (χ1v) is 18.2. The van der Waals surface area contributed by atoms with Gasteiger partial charge in [0.25, 0.3) is 0 Å². The van der Waals surface area contributed by atoms with Crippen LogP contribution in [0.15, 0.2) is 194 Å². The lowest BCUT2D eigenvalue weighted by molar-refractivity contribution is 1.18. The standard InChI is InChI=1S/C48H32N2S/c1-4-13-33(14-5-1)34-23-25-37(26-24-34)49(38-28-30-47-43(31-38)41-19-10-11-22-46(41)51-47)39-27-29-42-45(32-39)50(36-17-8-3-9-18-36)44-21-12-20-40(48(42)44)35-15-6-2-7-16-35/h1-32H. The first kappa shape index (κ1) is 29.5. The topological polar surface area (TPSA) is 8.17 Å². The van der Waals surface area contributed by atoms with Gasteiger partial charge in [0.15, 0.2) is 0 Å². The fourth-order valence-electron chi connectivity index (χ4n) is 7.64. The molecule has 0 saturated carbocycles. The molecule has 0 saturated heterocycles. The quantitative estimate of drug-likeness (QED) is 0.171. The zero-order valence-electron chi connectivity index (χ0n) is 27.8. The van der Waals surface area contributed by atoms with E-state index in [9.17, 15) is 0 Å². The van der Waals surface area contributed by atoms with Crippen LogP contribution >= 0.6 is 11.3 Å². The molecule has 0 aliphatic carbocycles. The maximum Gasteiger partial charge on any atom is 0.0562 e. The predicted molar refractivity (Wildman–Crippen MR) is 219 cm³/mol. The van der Waals surface area contributed by atoms with Gasteiger partial charge in [-0.25, -0.2) is 0 Å². The second kappa shape index (κ2) is 12.2. The van der Waals surface area contributed by atoms with Crippen LogP contribution in [0.5, 0.6) is 0 Å². The number of aromatic nitrogens is 1. The van der Waals surface area contributed by atoms with E-state index in [1.165, 1.54) is 64.2 Å². The maximum atomic E-state index is 2.42. The van der Waals surface area contributed by atoms with Crippen LogP contribution in [0.1, 0.15) is 0 Å². The van der Waals surface area contributed by atoms with Crippen molar-refractivity contribution >= 4 is 70.4 Å². The highest BCUT2D eigenvalue weighted by atomic mass is 32.1. The molecule has 0 fully saturated rings. The zero-order chi connectivity index (χ0) is 33.7. The molecule has 0 aliphatic heterocycles. The van der Waals surface area contributed by atoms with E-state index in [2.05, 4.69) is 204 Å². The van der Waals surface area contributed by atoms with E-state index in [1.807, 2.05) is 11.3 Å². The van der Waals surface area contributed by atoms with E-state index in [1.54, 1.807) is 0 Å². The Morgan fingerprint density at radius 3 is 1.76 bits per heavy atom. The fourth-order valence-corrected chi connectivity index (χ4v) is 8.73. The highest BCUT2D eigenvalue weighted by Gasteiger charge is 2.20. The second-order valence-electron chi connectivity index (χ2n) is 13.0. The van der Waals surface area contributed by atoms with E-state index < -0.39 is 0 Å². The number of para-hydroxylation sites is 1. The number of benzene rings is 8. The smallest absolute Gasteiger partial charge is 0.0562 e. The molecule has 0 atom stereocenters. The Balaban J connectivity index is 1.23. The first-order valence-electron chi connectivity index (χ1n) is 17.4. The molecule has 0 unspecified atom stereocenters. The minimum Gasteiger partial charge on any atom is -0.310 e. The molecule has 8 aromatic carbocycles. The lowest BCUT2D eigenvalue weighted by Crippen LogP contribution is -2.10. The molecule has 0 radical (unpaired) electrons. The second-order valence-corrected chi connectivity index (χ2v) is 14.0. The van der Waals surface area contributed by atoms with Crippen molar-refractivity contribution in [3.63, 3.8) is 0 Å². The highest BCUT2D eigenvalue weighted by molar-refractivity contribution is 7.25. The molecule has 2 heterocycles. The summed E-state index contributed by atoms with van der Waals surface area (Å²) in [6.45, 7) is 0. The number of nitrogens with zero attached hydrogens (tertiary/aromatic N) is 2. The summed E-state index contributed by atoms with van der Waals surface area (Å²) >= 11 is 1.85. The van der Waals surface area contributed by atoms with Crippen molar-refractivity contribution in [3.05, 3.63) is 194 Å². The Kier molecular flexibility index (Phi) is 7.04. The number of rotatable bonds is 6. The number of hydrogen-bond donors (Lipinski definition) is 0. The van der Waals surface area contributed by atoms with Gasteiger partial charge < -0.3 is 9.47 Å². The van der Waals surface area contributed by atoms with Crippen LogP contribution in [0.3, 0.4) is 0 Å². The van der Waals surface area contributed by atoms with Crippen molar-refractivity contribution in [2.24, 2.45) is 0 Å². The van der Waals surface area contributed by atoms with Crippen molar-refractivity contribution in [1.29, 1.82) is 0 Å². The minimum atomic E-state index is 1.11. The maximum absolute atomic E-state index is 2.42. The Morgan fingerprint density at radius 2 is 0.980 bits per heavy atom.